The van der Waals surface area contributed by atoms with E-state index in [0.29, 0.717) is 0 Å². The average Bonchev–Trinajstić information content (AvgIpc) is 2.82. The molecule has 0 aliphatic carbocycles. The van der Waals surface area contributed by atoms with Crippen LogP contribution in [0.2, 0.25) is 0 Å². The summed E-state index contributed by atoms with van der Waals surface area (Å²) in [6.07, 6.45) is 0. The Morgan fingerprint density at radius 1 is 1.47 bits per heavy atom. The van der Waals surface area contributed by atoms with Gasteiger partial charge in [-0.15, -0.1) is 0 Å². The van der Waals surface area contributed by atoms with Crippen LogP contribution in [0.15, 0.2) is 16.8 Å². The maximum Gasteiger partial charge on any atom is 0.236 e. The zero-order valence-corrected chi connectivity index (χ0v) is 12.3. The van der Waals surface area contributed by atoms with Crippen LogP contribution in [-0.2, 0) is 11.3 Å². The molecule has 17 heavy (non-hydrogen) atoms. The molecule has 1 amide bonds. The van der Waals surface area contributed by atoms with Crippen molar-refractivity contribution in [3.05, 3.63) is 22.4 Å². The highest BCUT2D eigenvalue weighted by molar-refractivity contribution is 9.10. The minimum absolute atomic E-state index is 0.0640. The van der Waals surface area contributed by atoms with Crippen molar-refractivity contribution in [3.8, 4) is 0 Å². The maximum atomic E-state index is 11.8. The summed E-state index contributed by atoms with van der Waals surface area (Å²) in [5.41, 5.74) is 1.38. The molecule has 0 saturated carbocycles. The second-order valence-electron chi connectivity index (χ2n) is 4.35. The fourth-order valence-electron chi connectivity index (χ4n) is 2.02. The fourth-order valence-corrected chi connectivity index (χ4v) is 2.97. The number of carbonyl (C=O) groups is 1. The number of rotatable bonds is 3. The second-order valence-corrected chi connectivity index (χ2v) is 6.50. The van der Waals surface area contributed by atoms with Crippen LogP contribution in [0, 0.1) is 0 Å². The van der Waals surface area contributed by atoms with Gasteiger partial charge >= 0.3 is 0 Å². The topological polar surface area (TPSA) is 23.6 Å². The highest BCUT2D eigenvalue weighted by Crippen LogP contribution is 2.13. The summed E-state index contributed by atoms with van der Waals surface area (Å²) in [4.78, 5) is 16.1. The van der Waals surface area contributed by atoms with E-state index in [2.05, 4.69) is 37.7 Å². The van der Waals surface area contributed by atoms with Gasteiger partial charge in [-0.25, -0.2) is 0 Å². The third-order valence-electron chi connectivity index (χ3n) is 3.01. The monoisotopic (exact) mass is 316 g/mol. The first-order valence-corrected chi connectivity index (χ1v) is 7.69. The van der Waals surface area contributed by atoms with Gasteiger partial charge in [-0.05, 0) is 29.3 Å². The predicted octanol–water partition coefficient (Wildman–Crippen LogP) is 2.18. The van der Waals surface area contributed by atoms with E-state index in [1.165, 1.54) is 5.56 Å². The summed E-state index contributed by atoms with van der Waals surface area (Å²) in [7, 11) is 0. The molecule has 0 spiro atoms. The van der Waals surface area contributed by atoms with Crippen LogP contribution < -0.4 is 0 Å². The molecular weight excluding hydrogens is 300 g/mol. The molecule has 0 bridgehead atoms. The van der Waals surface area contributed by atoms with Crippen LogP contribution >= 0.6 is 27.3 Å². The van der Waals surface area contributed by atoms with Gasteiger partial charge in [0.25, 0.3) is 0 Å². The zero-order valence-electron chi connectivity index (χ0n) is 9.93. The first kappa shape index (κ1) is 13.1. The lowest BCUT2D eigenvalue weighted by atomic mass is 10.2. The Morgan fingerprint density at radius 2 is 2.18 bits per heavy atom. The van der Waals surface area contributed by atoms with Crippen molar-refractivity contribution in [2.45, 2.75) is 18.3 Å². The molecule has 2 rings (SSSR count). The molecule has 1 atom stereocenters. The Morgan fingerprint density at radius 3 is 2.71 bits per heavy atom. The van der Waals surface area contributed by atoms with Crippen molar-refractivity contribution in [2.24, 2.45) is 0 Å². The zero-order chi connectivity index (χ0) is 12.3. The molecule has 0 radical (unpaired) electrons. The Bertz CT molecular complexity index is 359. The first-order chi connectivity index (χ1) is 8.16. The number of carbonyl (C=O) groups excluding carboxylic acids is 1. The largest absolute Gasteiger partial charge is 0.339 e. The van der Waals surface area contributed by atoms with Gasteiger partial charge in [0.05, 0.1) is 4.83 Å². The lowest BCUT2D eigenvalue weighted by Crippen LogP contribution is -2.49. The average molecular weight is 317 g/mol. The van der Waals surface area contributed by atoms with Gasteiger partial charge in [0, 0.05) is 32.7 Å². The Kier molecular flexibility index (Phi) is 4.59. The summed E-state index contributed by atoms with van der Waals surface area (Å²) in [6.45, 7) is 6.54. The molecule has 1 aromatic heterocycles. The van der Waals surface area contributed by atoms with Crippen LogP contribution in [0.1, 0.15) is 12.5 Å². The molecule has 1 aliphatic heterocycles. The number of thiophene rings is 1. The molecule has 3 nitrogen and oxygen atoms in total. The molecule has 1 aromatic rings. The van der Waals surface area contributed by atoms with Crippen molar-refractivity contribution in [1.82, 2.24) is 9.80 Å². The van der Waals surface area contributed by atoms with Crippen molar-refractivity contribution in [1.29, 1.82) is 0 Å². The van der Waals surface area contributed by atoms with Crippen LogP contribution in [0.5, 0.6) is 0 Å². The number of piperazine rings is 1. The minimum atomic E-state index is -0.0640. The quantitative estimate of drug-likeness (QED) is 0.798. The molecule has 2 heterocycles. The SMILES string of the molecule is CC(Br)C(=O)N1CCN(Cc2ccsc2)CC1. The normalized spacial score (nSPS) is 19.3. The van der Waals surface area contributed by atoms with E-state index < -0.39 is 0 Å². The summed E-state index contributed by atoms with van der Waals surface area (Å²) in [5, 5.41) is 4.31. The Hall–Kier alpha value is -0.390. The molecule has 0 aromatic carbocycles. The minimum Gasteiger partial charge on any atom is -0.339 e. The lowest BCUT2D eigenvalue weighted by Gasteiger charge is -2.35. The predicted molar refractivity (Wildman–Crippen MR) is 74.6 cm³/mol. The number of hydrogen-bond acceptors (Lipinski definition) is 3. The first-order valence-electron chi connectivity index (χ1n) is 5.83. The summed E-state index contributed by atoms with van der Waals surface area (Å²) in [5.74, 6) is 0.209. The molecule has 1 fully saturated rings. The van der Waals surface area contributed by atoms with Crippen LogP contribution in [0.4, 0.5) is 0 Å². The summed E-state index contributed by atoms with van der Waals surface area (Å²) >= 11 is 5.08. The molecular formula is C12H17BrN2OS. The van der Waals surface area contributed by atoms with Crippen molar-refractivity contribution in [3.63, 3.8) is 0 Å². The second kappa shape index (κ2) is 5.98. The third-order valence-corrected chi connectivity index (χ3v) is 4.13. The molecule has 94 valence electrons. The van der Waals surface area contributed by atoms with E-state index in [4.69, 9.17) is 0 Å². The maximum absolute atomic E-state index is 11.8. The number of halogens is 1. The standard InChI is InChI=1S/C12H17BrN2OS/c1-10(13)12(16)15-5-3-14(4-6-15)8-11-2-7-17-9-11/h2,7,9-10H,3-6,8H2,1H3. The van der Waals surface area contributed by atoms with Crippen LogP contribution in [0.3, 0.4) is 0 Å². The summed E-state index contributed by atoms with van der Waals surface area (Å²) in [6, 6.07) is 2.17. The van der Waals surface area contributed by atoms with Crippen molar-refractivity contribution < 1.29 is 4.79 Å². The number of alkyl halides is 1. The lowest BCUT2D eigenvalue weighted by molar-refractivity contribution is -0.131. The van der Waals surface area contributed by atoms with E-state index in [1.807, 2.05) is 11.8 Å². The van der Waals surface area contributed by atoms with Gasteiger partial charge in [-0.1, -0.05) is 15.9 Å². The fraction of sp³-hybridized carbons (Fsp3) is 0.583. The van der Waals surface area contributed by atoms with Crippen LogP contribution in [0.25, 0.3) is 0 Å². The summed E-state index contributed by atoms with van der Waals surface area (Å²) < 4.78 is 0. The van der Waals surface area contributed by atoms with Crippen LogP contribution in [-0.4, -0.2) is 46.7 Å². The Labute approximate surface area is 115 Å². The molecule has 1 aliphatic rings. The number of amides is 1. The van der Waals surface area contributed by atoms with Gasteiger partial charge in [0.15, 0.2) is 0 Å². The van der Waals surface area contributed by atoms with E-state index in [1.54, 1.807) is 11.3 Å². The number of hydrogen-bond donors (Lipinski definition) is 0. The smallest absolute Gasteiger partial charge is 0.236 e. The van der Waals surface area contributed by atoms with E-state index in [-0.39, 0.29) is 10.7 Å². The van der Waals surface area contributed by atoms with E-state index >= 15 is 0 Å². The highest BCUT2D eigenvalue weighted by atomic mass is 79.9. The van der Waals surface area contributed by atoms with Gasteiger partial charge in [0.1, 0.15) is 0 Å². The van der Waals surface area contributed by atoms with Crippen molar-refractivity contribution in [2.75, 3.05) is 26.2 Å². The molecule has 1 unspecified atom stereocenters. The molecule has 5 heteroatoms. The van der Waals surface area contributed by atoms with Gasteiger partial charge in [0.2, 0.25) is 5.91 Å². The Balaban J connectivity index is 1.80. The van der Waals surface area contributed by atoms with Gasteiger partial charge < -0.3 is 4.90 Å². The van der Waals surface area contributed by atoms with Crippen molar-refractivity contribution >= 4 is 33.2 Å². The van der Waals surface area contributed by atoms with Gasteiger partial charge in [-0.3, -0.25) is 9.69 Å². The third kappa shape index (κ3) is 3.53. The van der Waals surface area contributed by atoms with E-state index in [9.17, 15) is 4.79 Å². The van der Waals surface area contributed by atoms with E-state index in [0.717, 1.165) is 32.7 Å². The molecule has 1 saturated heterocycles. The van der Waals surface area contributed by atoms with Gasteiger partial charge in [-0.2, -0.15) is 11.3 Å². The number of nitrogens with zero attached hydrogens (tertiary/aromatic N) is 2. The molecule has 0 N–H and O–H groups in total. The highest BCUT2D eigenvalue weighted by Gasteiger charge is 2.23.